The third-order valence-corrected chi connectivity index (χ3v) is 3.03. The molecule has 0 fully saturated rings. The average Bonchev–Trinajstić information content (AvgIpc) is 2.81. The summed E-state index contributed by atoms with van der Waals surface area (Å²) < 4.78 is 15.2. The molecule has 7 nitrogen and oxygen atoms in total. The molecular formula is C18H25NO6. The van der Waals surface area contributed by atoms with Crippen LogP contribution in [0.4, 0.5) is 0 Å². The van der Waals surface area contributed by atoms with Crippen molar-refractivity contribution >= 4 is 24.0 Å². The second kappa shape index (κ2) is 8.50. The summed E-state index contributed by atoms with van der Waals surface area (Å²) in [5.74, 6) is -1.73. The zero-order chi connectivity index (χ0) is 19.2. The predicted molar refractivity (Wildman–Crippen MR) is 92.3 cm³/mol. The summed E-state index contributed by atoms with van der Waals surface area (Å²) in [6.45, 7) is 10.6. The molecule has 0 aliphatic carbocycles. The summed E-state index contributed by atoms with van der Waals surface area (Å²) in [5.41, 5.74) is 0.386. The summed E-state index contributed by atoms with van der Waals surface area (Å²) in [7, 11) is 0. The summed E-state index contributed by atoms with van der Waals surface area (Å²) >= 11 is 0. The number of carbonyl (C=O) groups excluding carboxylic acids is 3. The first kappa shape index (κ1) is 20.5. The van der Waals surface area contributed by atoms with Gasteiger partial charge in [-0.3, -0.25) is 0 Å². The maximum atomic E-state index is 12.2. The maximum Gasteiger partial charge on any atom is 0.355 e. The number of nitrogens with one attached hydrogen (secondary N) is 1. The summed E-state index contributed by atoms with van der Waals surface area (Å²) in [6.07, 6.45) is 2.57. The molecule has 0 unspecified atom stereocenters. The van der Waals surface area contributed by atoms with Crippen molar-refractivity contribution in [1.29, 1.82) is 0 Å². The van der Waals surface area contributed by atoms with Crippen LogP contribution in [0.1, 0.15) is 66.7 Å². The summed E-state index contributed by atoms with van der Waals surface area (Å²) in [6, 6.07) is 0. The van der Waals surface area contributed by atoms with Gasteiger partial charge in [0.25, 0.3) is 0 Å². The van der Waals surface area contributed by atoms with Gasteiger partial charge in [0, 0.05) is 6.08 Å². The largest absolute Gasteiger partial charge is 0.462 e. The SMILES string of the molecule is CCOC(=O)c1[nH]c(/C=C/C(=O)OC(C)(C)C)c(C(=O)OCC)c1C. The Morgan fingerprint density at radius 1 is 1.04 bits per heavy atom. The zero-order valence-electron chi connectivity index (χ0n) is 15.5. The summed E-state index contributed by atoms with van der Waals surface area (Å²) in [5, 5.41) is 0. The lowest BCUT2D eigenvalue weighted by Crippen LogP contribution is -2.22. The molecular weight excluding hydrogens is 326 g/mol. The number of ether oxygens (including phenoxy) is 3. The normalized spacial score (nSPS) is 11.4. The minimum atomic E-state index is -0.632. The third kappa shape index (κ3) is 5.77. The Morgan fingerprint density at radius 3 is 2.12 bits per heavy atom. The van der Waals surface area contributed by atoms with Crippen LogP contribution in [-0.2, 0) is 19.0 Å². The van der Waals surface area contributed by atoms with E-state index in [4.69, 9.17) is 14.2 Å². The standard InChI is InChI=1S/C18H25NO6/c1-7-23-16(21)14-11(3)15(17(22)24-8-2)19-12(14)9-10-13(20)25-18(4,5)6/h9-10,19H,7-8H2,1-6H3/b10-9+. The second-order valence-corrected chi connectivity index (χ2v) is 6.22. The Kier molecular flexibility index (Phi) is 6.97. The number of hydrogen-bond donors (Lipinski definition) is 1. The van der Waals surface area contributed by atoms with Gasteiger partial charge in [0.05, 0.1) is 24.5 Å². The van der Waals surface area contributed by atoms with Crippen LogP contribution in [0.15, 0.2) is 6.08 Å². The van der Waals surface area contributed by atoms with Crippen molar-refractivity contribution in [3.05, 3.63) is 28.6 Å². The molecule has 7 heteroatoms. The minimum absolute atomic E-state index is 0.147. The fraction of sp³-hybridized carbons (Fsp3) is 0.500. The van der Waals surface area contributed by atoms with E-state index in [-0.39, 0.29) is 30.2 Å². The molecule has 0 aliphatic heterocycles. The molecule has 0 radical (unpaired) electrons. The van der Waals surface area contributed by atoms with Crippen molar-refractivity contribution < 1.29 is 28.6 Å². The van der Waals surface area contributed by atoms with E-state index in [1.165, 1.54) is 12.2 Å². The first-order valence-corrected chi connectivity index (χ1v) is 8.08. The lowest BCUT2D eigenvalue weighted by atomic mass is 10.1. The van der Waals surface area contributed by atoms with Gasteiger partial charge < -0.3 is 19.2 Å². The summed E-state index contributed by atoms with van der Waals surface area (Å²) in [4.78, 5) is 38.9. The number of aromatic amines is 1. The van der Waals surface area contributed by atoms with Gasteiger partial charge in [-0.15, -0.1) is 0 Å². The van der Waals surface area contributed by atoms with Gasteiger partial charge in [-0.1, -0.05) is 0 Å². The molecule has 0 atom stereocenters. The van der Waals surface area contributed by atoms with Crippen LogP contribution in [0.3, 0.4) is 0 Å². The van der Waals surface area contributed by atoms with Gasteiger partial charge in [0.1, 0.15) is 11.3 Å². The molecule has 1 aromatic heterocycles. The van der Waals surface area contributed by atoms with Gasteiger partial charge in [-0.25, -0.2) is 14.4 Å². The number of esters is 3. The van der Waals surface area contributed by atoms with E-state index >= 15 is 0 Å². The van der Waals surface area contributed by atoms with E-state index in [9.17, 15) is 14.4 Å². The molecule has 1 aromatic rings. The topological polar surface area (TPSA) is 94.7 Å². The lowest BCUT2D eigenvalue weighted by Gasteiger charge is -2.17. The van der Waals surface area contributed by atoms with Crippen molar-refractivity contribution in [2.24, 2.45) is 0 Å². The predicted octanol–water partition coefficient (Wildman–Crippen LogP) is 3.03. The molecule has 0 aliphatic rings. The molecule has 0 saturated heterocycles. The molecule has 1 rings (SSSR count). The lowest BCUT2D eigenvalue weighted by molar-refractivity contribution is -0.148. The highest BCUT2D eigenvalue weighted by atomic mass is 16.6. The first-order valence-electron chi connectivity index (χ1n) is 8.08. The smallest absolute Gasteiger partial charge is 0.355 e. The van der Waals surface area contributed by atoms with Crippen LogP contribution in [-0.4, -0.2) is 41.7 Å². The van der Waals surface area contributed by atoms with Crippen molar-refractivity contribution in [3.63, 3.8) is 0 Å². The molecule has 0 amide bonds. The molecule has 138 valence electrons. The van der Waals surface area contributed by atoms with Crippen LogP contribution in [0, 0.1) is 6.92 Å². The zero-order valence-corrected chi connectivity index (χ0v) is 15.5. The molecule has 0 bridgehead atoms. The second-order valence-electron chi connectivity index (χ2n) is 6.22. The Labute approximate surface area is 147 Å². The van der Waals surface area contributed by atoms with E-state index < -0.39 is 23.5 Å². The Morgan fingerprint density at radius 2 is 1.60 bits per heavy atom. The van der Waals surface area contributed by atoms with Crippen molar-refractivity contribution in [2.45, 2.75) is 47.1 Å². The molecule has 0 spiro atoms. The van der Waals surface area contributed by atoms with E-state index in [0.29, 0.717) is 5.56 Å². The van der Waals surface area contributed by atoms with E-state index in [1.54, 1.807) is 41.5 Å². The van der Waals surface area contributed by atoms with E-state index in [1.807, 2.05) is 0 Å². The van der Waals surface area contributed by atoms with Crippen LogP contribution in [0.5, 0.6) is 0 Å². The Bertz CT molecular complexity index is 678. The van der Waals surface area contributed by atoms with Gasteiger partial charge in [-0.05, 0) is 53.2 Å². The Balaban J connectivity index is 3.23. The van der Waals surface area contributed by atoms with Crippen molar-refractivity contribution in [3.8, 4) is 0 Å². The molecule has 0 saturated carbocycles. The molecule has 25 heavy (non-hydrogen) atoms. The fourth-order valence-electron chi connectivity index (χ4n) is 2.10. The van der Waals surface area contributed by atoms with Gasteiger partial charge >= 0.3 is 17.9 Å². The number of H-pyrrole nitrogens is 1. The molecule has 1 N–H and O–H groups in total. The monoisotopic (exact) mass is 351 g/mol. The number of aromatic nitrogens is 1. The minimum Gasteiger partial charge on any atom is -0.462 e. The van der Waals surface area contributed by atoms with Crippen LogP contribution in [0.25, 0.3) is 6.08 Å². The van der Waals surface area contributed by atoms with Gasteiger partial charge in [-0.2, -0.15) is 0 Å². The highest BCUT2D eigenvalue weighted by Gasteiger charge is 2.24. The van der Waals surface area contributed by atoms with Gasteiger partial charge in [0.15, 0.2) is 0 Å². The van der Waals surface area contributed by atoms with E-state index in [0.717, 1.165) is 0 Å². The Hall–Kier alpha value is -2.57. The quantitative estimate of drug-likeness (QED) is 0.481. The third-order valence-electron chi connectivity index (χ3n) is 3.03. The van der Waals surface area contributed by atoms with Crippen LogP contribution >= 0.6 is 0 Å². The van der Waals surface area contributed by atoms with E-state index in [2.05, 4.69) is 4.98 Å². The number of hydrogen-bond acceptors (Lipinski definition) is 6. The fourth-order valence-corrected chi connectivity index (χ4v) is 2.10. The average molecular weight is 351 g/mol. The highest BCUT2D eigenvalue weighted by Crippen LogP contribution is 2.22. The van der Waals surface area contributed by atoms with Gasteiger partial charge in [0.2, 0.25) is 0 Å². The molecule has 0 aromatic carbocycles. The van der Waals surface area contributed by atoms with Crippen LogP contribution < -0.4 is 0 Å². The van der Waals surface area contributed by atoms with Crippen molar-refractivity contribution in [1.82, 2.24) is 4.98 Å². The molecule has 1 heterocycles. The maximum absolute atomic E-state index is 12.2. The number of rotatable bonds is 6. The van der Waals surface area contributed by atoms with Crippen molar-refractivity contribution in [2.75, 3.05) is 13.2 Å². The first-order chi connectivity index (χ1) is 11.6. The highest BCUT2D eigenvalue weighted by molar-refractivity contribution is 6.01. The number of carbonyl (C=O) groups is 3. The van der Waals surface area contributed by atoms with Crippen LogP contribution in [0.2, 0.25) is 0 Å².